The first kappa shape index (κ1) is 17.0. The van der Waals surface area contributed by atoms with E-state index in [0.717, 1.165) is 30.4 Å². The van der Waals surface area contributed by atoms with Gasteiger partial charge in [-0.25, -0.2) is 4.98 Å². The highest BCUT2D eigenvalue weighted by molar-refractivity contribution is 5.54. The molecular weight excluding hydrogens is 334 g/mol. The molecule has 3 aliphatic rings. The van der Waals surface area contributed by atoms with Crippen LogP contribution in [-0.2, 0) is 6.42 Å². The fraction of sp³-hybridized carbons (Fsp3) is 0.545. The number of hydrogen-bond donors (Lipinski definition) is 2. The van der Waals surface area contributed by atoms with Crippen molar-refractivity contribution >= 4 is 11.8 Å². The van der Waals surface area contributed by atoms with Crippen LogP contribution in [0.4, 0.5) is 11.8 Å². The number of nitrogens with zero attached hydrogens (tertiary/aromatic N) is 3. The SMILES string of the molecule is Nc1nc(NC2CC(N3CCCC3)C2)c2c(n1)C(c1ccccc1)CCC2. The van der Waals surface area contributed by atoms with E-state index in [2.05, 4.69) is 50.5 Å². The molecule has 1 aliphatic heterocycles. The van der Waals surface area contributed by atoms with Crippen LogP contribution in [0.15, 0.2) is 30.3 Å². The van der Waals surface area contributed by atoms with E-state index in [9.17, 15) is 0 Å². The summed E-state index contributed by atoms with van der Waals surface area (Å²) in [6, 6.07) is 12.0. The van der Waals surface area contributed by atoms with E-state index < -0.39 is 0 Å². The molecule has 2 fully saturated rings. The number of likely N-dealkylation sites (tertiary alicyclic amines) is 1. The molecule has 0 amide bonds. The summed E-state index contributed by atoms with van der Waals surface area (Å²) in [6.45, 7) is 2.57. The number of rotatable bonds is 4. The van der Waals surface area contributed by atoms with Gasteiger partial charge in [0.1, 0.15) is 5.82 Å². The second-order valence-corrected chi connectivity index (χ2v) is 8.36. The Bertz CT molecular complexity index is 794. The smallest absolute Gasteiger partial charge is 0.222 e. The second kappa shape index (κ2) is 7.12. The first-order chi connectivity index (χ1) is 13.3. The van der Waals surface area contributed by atoms with Gasteiger partial charge >= 0.3 is 0 Å². The Labute approximate surface area is 161 Å². The van der Waals surface area contributed by atoms with Crippen molar-refractivity contribution in [3.63, 3.8) is 0 Å². The number of anilines is 2. The van der Waals surface area contributed by atoms with Gasteiger partial charge < -0.3 is 16.0 Å². The Morgan fingerprint density at radius 1 is 1.00 bits per heavy atom. The lowest BCUT2D eigenvalue weighted by atomic mass is 9.81. The lowest BCUT2D eigenvalue weighted by molar-refractivity contribution is 0.145. The van der Waals surface area contributed by atoms with E-state index in [1.807, 2.05) is 0 Å². The van der Waals surface area contributed by atoms with E-state index in [1.54, 1.807) is 0 Å². The van der Waals surface area contributed by atoms with Crippen molar-refractivity contribution in [2.45, 2.75) is 62.9 Å². The Balaban J connectivity index is 1.36. The molecule has 0 radical (unpaired) electrons. The molecule has 0 spiro atoms. The Morgan fingerprint density at radius 3 is 2.56 bits per heavy atom. The molecule has 142 valence electrons. The molecule has 1 unspecified atom stereocenters. The Kier molecular flexibility index (Phi) is 4.48. The van der Waals surface area contributed by atoms with Gasteiger partial charge in [0, 0.05) is 23.6 Å². The lowest BCUT2D eigenvalue weighted by Crippen LogP contribution is -2.49. The van der Waals surface area contributed by atoms with Crippen LogP contribution in [0, 0.1) is 0 Å². The molecule has 2 aromatic rings. The molecular formula is C22H29N5. The zero-order chi connectivity index (χ0) is 18.2. The number of nitrogens with two attached hydrogens (primary N) is 1. The predicted molar refractivity (Wildman–Crippen MR) is 109 cm³/mol. The van der Waals surface area contributed by atoms with Crippen LogP contribution < -0.4 is 11.1 Å². The van der Waals surface area contributed by atoms with Gasteiger partial charge in [-0.05, 0) is 63.6 Å². The predicted octanol–water partition coefficient (Wildman–Crippen LogP) is 3.57. The topological polar surface area (TPSA) is 67.1 Å². The summed E-state index contributed by atoms with van der Waals surface area (Å²) in [6.07, 6.45) is 8.53. The first-order valence-corrected chi connectivity index (χ1v) is 10.5. The van der Waals surface area contributed by atoms with Gasteiger partial charge in [0.15, 0.2) is 0 Å². The van der Waals surface area contributed by atoms with Crippen LogP contribution in [0.5, 0.6) is 0 Å². The molecule has 2 heterocycles. The van der Waals surface area contributed by atoms with E-state index in [0.29, 0.717) is 17.9 Å². The monoisotopic (exact) mass is 363 g/mol. The molecule has 1 atom stereocenters. The van der Waals surface area contributed by atoms with Crippen molar-refractivity contribution in [2.75, 3.05) is 24.1 Å². The maximum Gasteiger partial charge on any atom is 0.222 e. The standard InChI is InChI=1S/C22H29N5/c23-22-25-20-18(15-7-2-1-3-8-15)9-6-10-19(20)21(26-22)24-16-13-17(14-16)27-11-4-5-12-27/h1-3,7-8,16-18H,4-6,9-14H2,(H3,23,24,25,26). The van der Waals surface area contributed by atoms with Crippen molar-refractivity contribution in [3.05, 3.63) is 47.2 Å². The van der Waals surface area contributed by atoms with Gasteiger partial charge in [-0.2, -0.15) is 4.98 Å². The van der Waals surface area contributed by atoms with Gasteiger partial charge in [0.25, 0.3) is 0 Å². The van der Waals surface area contributed by atoms with Crippen LogP contribution in [0.2, 0.25) is 0 Å². The number of hydrogen-bond acceptors (Lipinski definition) is 5. The average Bonchev–Trinajstić information content (AvgIpc) is 3.18. The molecule has 5 rings (SSSR count). The molecule has 0 bridgehead atoms. The van der Waals surface area contributed by atoms with E-state index >= 15 is 0 Å². The fourth-order valence-electron chi connectivity index (χ4n) is 5.11. The number of nitrogen functional groups attached to an aromatic ring is 1. The minimum atomic E-state index is 0.333. The molecule has 2 aliphatic carbocycles. The minimum Gasteiger partial charge on any atom is -0.368 e. The largest absolute Gasteiger partial charge is 0.368 e. The number of fused-ring (bicyclic) bond motifs is 1. The van der Waals surface area contributed by atoms with E-state index in [-0.39, 0.29) is 0 Å². The number of benzene rings is 1. The Morgan fingerprint density at radius 2 is 1.78 bits per heavy atom. The van der Waals surface area contributed by atoms with Crippen LogP contribution in [0.3, 0.4) is 0 Å². The number of aromatic nitrogens is 2. The zero-order valence-corrected chi connectivity index (χ0v) is 15.9. The molecule has 5 nitrogen and oxygen atoms in total. The molecule has 1 aromatic heterocycles. The average molecular weight is 364 g/mol. The second-order valence-electron chi connectivity index (χ2n) is 8.36. The third kappa shape index (κ3) is 3.29. The minimum absolute atomic E-state index is 0.333. The maximum atomic E-state index is 6.11. The van der Waals surface area contributed by atoms with Crippen LogP contribution in [0.1, 0.15) is 61.3 Å². The maximum absolute atomic E-state index is 6.11. The summed E-state index contributed by atoms with van der Waals surface area (Å²) in [5.41, 5.74) is 9.87. The van der Waals surface area contributed by atoms with Crippen molar-refractivity contribution < 1.29 is 0 Å². The van der Waals surface area contributed by atoms with Crippen molar-refractivity contribution in [3.8, 4) is 0 Å². The quantitative estimate of drug-likeness (QED) is 0.869. The van der Waals surface area contributed by atoms with E-state index in [1.165, 1.54) is 56.3 Å². The molecule has 1 saturated heterocycles. The summed E-state index contributed by atoms with van der Waals surface area (Å²) in [5.74, 6) is 1.72. The summed E-state index contributed by atoms with van der Waals surface area (Å²) >= 11 is 0. The van der Waals surface area contributed by atoms with E-state index in [4.69, 9.17) is 5.73 Å². The molecule has 1 aromatic carbocycles. The van der Waals surface area contributed by atoms with Crippen molar-refractivity contribution in [1.82, 2.24) is 14.9 Å². The third-order valence-corrected chi connectivity index (χ3v) is 6.62. The Hall–Kier alpha value is -2.14. The first-order valence-electron chi connectivity index (χ1n) is 10.5. The van der Waals surface area contributed by atoms with Gasteiger partial charge in [0.05, 0.1) is 5.69 Å². The summed E-state index contributed by atoms with van der Waals surface area (Å²) in [7, 11) is 0. The van der Waals surface area contributed by atoms with Gasteiger partial charge in [-0.15, -0.1) is 0 Å². The molecule has 3 N–H and O–H groups in total. The van der Waals surface area contributed by atoms with Gasteiger partial charge in [-0.3, -0.25) is 0 Å². The number of nitrogens with one attached hydrogen (secondary N) is 1. The highest BCUT2D eigenvalue weighted by Gasteiger charge is 2.36. The third-order valence-electron chi connectivity index (χ3n) is 6.62. The molecule has 1 saturated carbocycles. The zero-order valence-electron chi connectivity index (χ0n) is 15.9. The van der Waals surface area contributed by atoms with Crippen LogP contribution in [-0.4, -0.2) is 40.0 Å². The normalized spacial score (nSPS) is 27.8. The van der Waals surface area contributed by atoms with Crippen molar-refractivity contribution in [2.24, 2.45) is 0 Å². The summed E-state index contributed by atoms with van der Waals surface area (Å²) in [4.78, 5) is 11.9. The molecule has 27 heavy (non-hydrogen) atoms. The highest BCUT2D eigenvalue weighted by atomic mass is 15.2. The van der Waals surface area contributed by atoms with Gasteiger partial charge in [0.2, 0.25) is 5.95 Å². The summed E-state index contributed by atoms with van der Waals surface area (Å²) < 4.78 is 0. The highest BCUT2D eigenvalue weighted by Crippen LogP contribution is 2.39. The fourth-order valence-corrected chi connectivity index (χ4v) is 5.11. The van der Waals surface area contributed by atoms with Crippen LogP contribution in [0.25, 0.3) is 0 Å². The summed E-state index contributed by atoms with van der Waals surface area (Å²) in [5, 5.41) is 3.72. The van der Waals surface area contributed by atoms with Crippen molar-refractivity contribution in [1.29, 1.82) is 0 Å². The lowest BCUT2D eigenvalue weighted by Gasteiger charge is -2.42. The molecule has 5 heteroatoms. The van der Waals surface area contributed by atoms with Crippen LogP contribution >= 0.6 is 0 Å². The van der Waals surface area contributed by atoms with Gasteiger partial charge in [-0.1, -0.05) is 30.3 Å².